The minimum absolute atomic E-state index is 0.0390. The van der Waals surface area contributed by atoms with Crippen molar-refractivity contribution >= 4 is 33.2 Å². The van der Waals surface area contributed by atoms with Crippen molar-refractivity contribution in [3.05, 3.63) is 50.6 Å². The fraction of sp³-hybridized carbons (Fsp3) is 0.250. The van der Waals surface area contributed by atoms with Gasteiger partial charge in [0.2, 0.25) is 5.91 Å². The molecule has 0 aliphatic rings. The lowest BCUT2D eigenvalue weighted by Gasteiger charge is -2.02. The summed E-state index contributed by atoms with van der Waals surface area (Å²) in [5, 5.41) is 4.63. The number of aromatic nitrogens is 3. The number of hydrogen-bond donors (Lipinski definition) is 3. The van der Waals surface area contributed by atoms with Crippen molar-refractivity contribution in [2.75, 3.05) is 0 Å². The maximum Gasteiger partial charge on any atom is 0.259 e. The molecule has 3 rings (SSSR count). The van der Waals surface area contributed by atoms with Gasteiger partial charge in [0, 0.05) is 11.1 Å². The number of nitrogens with one attached hydrogen (secondary N) is 3. The van der Waals surface area contributed by atoms with E-state index in [1.807, 2.05) is 26.0 Å². The molecule has 0 radical (unpaired) electrons. The van der Waals surface area contributed by atoms with Crippen LogP contribution in [0.1, 0.15) is 28.9 Å². The van der Waals surface area contributed by atoms with Gasteiger partial charge in [0.05, 0.1) is 23.2 Å². The third-order valence-electron chi connectivity index (χ3n) is 3.75. The van der Waals surface area contributed by atoms with Gasteiger partial charge >= 0.3 is 0 Å². The second-order valence-corrected chi connectivity index (χ2v) is 6.67. The van der Waals surface area contributed by atoms with E-state index in [1.54, 1.807) is 13.1 Å². The summed E-state index contributed by atoms with van der Waals surface area (Å²) in [6, 6.07) is 3.71. The number of carbonyl (C=O) groups is 1. The van der Waals surface area contributed by atoms with E-state index >= 15 is 0 Å². The Bertz CT molecular complexity index is 982. The molecule has 0 atom stereocenters. The van der Waals surface area contributed by atoms with Gasteiger partial charge in [-0.3, -0.25) is 9.59 Å². The van der Waals surface area contributed by atoms with E-state index < -0.39 is 0 Å². The Hall–Kier alpha value is -2.74. The number of fused-ring (bicyclic) bond motifs is 1. The lowest BCUT2D eigenvalue weighted by molar-refractivity contribution is -0.120. The molecular weight excluding hydrogens is 326 g/mol. The predicted octanol–water partition coefficient (Wildman–Crippen LogP) is 2.01. The quantitative estimate of drug-likeness (QED) is 0.499. The van der Waals surface area contributed by atoms with Crippen LogP contribution in [-0.2, 0) is 11.2 Å². The lowest BCUT2D eigenvalue weighted by atomic mass is 10.2. The molecule has 8 heteroatoms. The number of aromatic amines is 2. The van der Waals surface area contributed by atoms with Crippen LogP contribution in [0.15, 0.2) is 28.2 Å². The van der Waals surface area contributed by atoms with E-state index in [-0.39, 0.29) is 17.9 Å². The smallest absolute Gasteiger partial charge is 0.259 e. The third kappa shape index (κ3) is 3.13. The number of amides is 1. The maximum atomic E-state index is 12.2. The van der Waals surface area contributed by atoms with Crippen LogP contribution in [0.4, 0.5) is 0 Å². The zero-order valence-corrected chi connectivity index (χ0v) is 14.4. The molecule has 0 saturated heterocycles. The summed E-state index contributed by atoms with van der Waals surface area (Å²) < 4.78 is 0. The van der Waals surface area contributed by atoms with Gasteiger partial charge in [0.1, 0.15) is 10.7 Å². The molecule has 0 aliphatic heterocycles. The van der Waals surface area contributed by atoms with Gasteiger partial charge < -0.3 is 9.97 Å². The van der Waals surface area contributed by atoms with E-state index in [1.165, 1.54) is 11.3 Å². The van der Waals surface area contributed by atoms with Gasteiger partial charge in [0.25, 0.3) is 5.56 Å². The van der Waals surface area contributed by atoms with Crippen molar-refractivity contribution in [1.29, 1.82) is 0 Å². The van der Waals surface area contributed by atoms with Crippen molar-refractivity contribution in [3.8, 4) is 0 Å². The van der Waals surface area contributed by atoms with Crippen LogP contribution in [0, 0.1) is 13.8 Å². The second kappa shape index (κ2) is 6.40. The molecule has 1 amide bonds. The molecule has 7 nitrogen and oxygen atoms in total. The Labute approximate surface area is 141 Å². The monoisotopic (exact) mass is 343 g/mol. The summed E-state index contributed by atoms with van der Waals surface area (Å²) in [5.74, 6) is -0.00705. The van der Waals surface area contributed by atoms with Crippen LogP contribution in [0.3, 0.4) is 0 Å². The molecule has 0 aliphatic carbocycles. The topological polar surface area (TPSA) is 103 Å². The Morgan fingerprint density at radius 2 is 2.21 bits per heavy atom. The highest BCUT2D eigenvalue weighted by Gasteiger charge is 2.13. The first kappa shape index (κ1) is 16.1. The van der Waals surface area contributed by atoms with Crippen LogP contribution < -0.4 is 11.0 Å². The summed E-state index contributed by atoms with van der Waals surface area (Å²) in [4.78, 5) is 36.0. The molecule has 0 spiro atoms. The highest BCUT2D eigenvalue weighted by molar-refractivity contribution is 7.18. The van der Waals surface area contributed by atoms with Crippen LogP contribution >= 0.6 is 11.3 Å². The van der Waals surface area contributed by atoms with Crippen molar-refractivity contribution < 1.29 is 4.79 Å². The number of thiophene rings is 1. The summed E-state index contributed by atoms with van der Waals surface area (Å²) in [6.45, 7) is 5.64. The van der Waals surface area contributed by atoms with Gasteiger partial charge in [0.15, 0.2) is 0 Å². The molecule has 124 valence electrons. The van der Waals surface area contributed by atoms with E-state index in [0.717, 1.165) is 16.1 Å². The first-order valence-electron chi connectivity index (χ1n) is 7.41. The number of hydrazone groups is 1. The first-order valence-corrected chi connectivity index (χ1v) is 8.23. The van der Waals surface area contributed by atoms with Crippen molar-refractivity contribution in [1.82, 2.24) is 20.4 Å². The summed E-state index contributed by atoms with van der Waals surface area (Å²) >= 11 is 1.46. The molecule has 3 N–H and O–H groups in total. The molecule has 0 aromatic carbocycles. The molecule has 0 saturated carbocycles. The zero-order chi connectivity index (χ0) is 17.3. The normalized spacial score (nSPS) is 11.9. The molecule has 3 aromatic rings. The molecule has 0 fully saturated rings. The van der Waals surface area contributed by atoms with Gasteiger partial charge in [-0.05, 0) is 38.5 Å². The minimum atomic E-state index is -0.339. The second-order valence-electron chi connectivity index (χ2n) is 5.47. The largest absolute Gasteiger partial charge is 0.360 e. The number of rotatable bonds is 4. The van der Waals surface area contributed by atoms with Crippen LogP contribution in [-0.4, -0.2) is 26.6 Å². The molecular formula is C16H17N5O2S. The lowest BCUT2D eigenvalue weighted by Crippen LogP contribution is -2.24. The number of nitrogens with zero attached hydrogens (tertiary/aromatic N) is 2. The van der Waals surface area contributed by atoms with E-state index in [2.05, 4.69) is 25.5 Å². The van der Waals surface area contributed by atoms with Crippen LogP contribution in [0.2, 0.25) is 0 Å². The number of H-pyrrole nitrogens is 2. The fourth-order valence-corrected chi connectivity index (χ4v) is 3.39. The molecule has 0 bridgehead atoms. The van der Waals surface area contributed by atoms with Crippen LogP contribution in [0.5, 0.6) is 0 Å². The highest BCUT2D eigenvalue weighted by Crippen LogP contribution is 2.25. The Morgan fingerprint density at radius 3 is 2.92 bits per heavy atom. The van der Waals surface area contributed by atoms with Crippen molar-refractivity contribution in [3.63, 3.8) is 0 Å². The number of carbonyl (C=O) groups excluding carboxylic acids is 1. The van der Waals surface area contributed by atoms with E-state index in [4.69, 9.17) is 0 Å². The minimum Gasteiger partial charge on any atom is -0.360 e. The molecule has 0 unspecified atom stereocenters. The predicted molar refractivity (Wildman–Crippen MR) is 94.6 cm³/mol. The molecule has 3 heterocycles. The van der Waals surface area contributed by atoms with E-state index in [9.17, 15) is 9.59 Å². The number of hydrogen-bond acceptors (Lipinski definition) is 5. The highest BCUT2D eigenvalue weighted by atomic mass is 32.1. The zero-order valence-electron chi connectivity index (χ0n) is 13.6. The molecule has 24 heavy (non-hydrogen) atoms. The average Bonchev–Trinajstić information content (AvgIpc) is 3.14. The fourth-order valence-electron chi connectivity index (χ4n) is 2.34. The van der Waals surface area contributed by atoms with Crippen molar-refractivity contribution in [2.24, 2.45) is 5.10 Å². The van der Waals surface area contributed by atoms with Gasteiger partial charge in [-0.25, -0.2) is 10.4 Å². The number of aryl methyl sites for hydroxylation is 2. The van der Waals surface area contributed by atoms with Gasteiger partial charge in [-0.1, -0.05) is 0 Å². The Morgan fingerprint density at radius 1 is 1.42 bits per heavy atom. The average molecular weight is 343 g/mol. The van der Waals surface area contributed by atoms with E-state index in [0.29, 0.717) is 21.8 Å². The Balaban J connectivity index is 1.76. The molecule has 3 aromatic heterocycles. The van der Waals surface area contributed by atoms with Gasteiger partial charge in [-0.15, -0.1) is 11.3 Å². The van der Waals surface area contributed by atoms with Crippen molar-refractivity contribution in [2.45, 2.75) is 27.2 Å². The first-order chi connectivity index (χ1) is 11.5. The Kier molecular flexibility index (Phi) is 4.30. The maximum absolute atomic E-state index is 12.2. The van der Waals surface area contributed by atoms with Crippen LogP contribution in [0.25, 0.3) is 10.2 Å². The summed E-state index contributed by atoms with van der Waals surface area (Å²) in [6.07, 6.45) is 1.74. The third-order valence-corrected chi connectivity index (χ3v) is 4.85. The summed E-state index contributed by atoms with van der Waals surface area (Å²) in [5.41, 5.74) is 4.69. The summed E-state index contributed by atoms with van der Waals surface area (Å²) in [7, 11) is 0. The standard InChI is InChI=1S/C16H17N5O2S/c1-8-10(3)24-16-14(8)15(23)18-12(19-16)7-13(22)21-20-9(2)11-5-4-6-17-11/h4-6,17H,7H2,1-3H3,(H,21,22)(H,18,19,23)/b20-9+. The van der Waals surface area contributed by atoms with Gasteiger partial charge in [-0.2, -0.15) is 5.10 Å². The SMILES string of the molecule is C/C(=N\NC(=O)Cc1nc2sc(C)c(C)c2c(=O)[nH]1)c1ccc[nH]1.